The topological polar surface area (TPSA) is 167 Å². The summed E-state index contributed by atoms with van der Waals surface area (Å²) in [5.41, 5.74) is 7.66. The number of thiazole rings is 2. The van der Waals surface area contributed by atoms with Crippen LogP contribution in [0.5, 0.6) is 0 Å². The van der Waals surface area contributed by atoms with Crippen molar-refractivity contribution in [2.24, 2.45) is 15.3 Å². The number of hydrazone groups is 1. The van der Waals surface area contributed by atoms with Gasteiger partial charge in [-0.2, -0.15) is 18.6 Å². The molecule has 4 aromatic carbocycles. The molecule has 0 fully saturated rings. The standard InChI is InChI=1S/C33H22N6O5S3/c1-18-7-13-24-30(31(18)47(42,43)44)46-33(35-24)20-10-14-23-29(15-20)45-32(34-23)19-8-11-22(12-9-19)37-39-26-16-25(27(40)17-28(26)41)38-36-21-5-3-2-4-6-21/h2-17,36,41H,1H3,(H,42,43,44)/b38-25-,39-37?. The van der Waals surface area contributed by atoms with Gasteiger partial charge in [-0.3, -0.25) is 14.8 Å². The molecule has 6 aromatic rings. The Kier molecular flexibility index (Phi) is 7.77. The molecule has 0 aliphatic heterocycles. The van der Waals surface area contributed by atoms with Crippen molar-refractivity contribution in [2.75, 3.05) is 5.43 Å². The molecule has 0 amide bonds. The van der Waals surface area contributed by atoms with Crippen LogP contribution in [0.15, 0.2) is 129 Å². The van der Waals surface area contributed by atoms with Gasteiger partial charge in [-0.05, 0) is 73.2 Å². The van der Waals surface area contributed by atoms with Crippen LogP contribution in [-0.2, 0) is 14.9 Å². The van der Waals surface area contributed by atoms with Crippen LogP contribution in [0.25, 0.3) is 41.6 Å². The lowest BCUT2D eigenvalue weighted by Crippen LogP contribution is -2.16. The number of aryl methyl sites for hydroxylation is 1. The second-order valence-electron chi connectivity index (χ2n) is 10.4. The third-order valence-electron chi connectivity index (χ3n) is 7.13. The zero-order chi connectivity index (χ0) is 32.7. The number of benzene rings is 4. The summed E-state index contributed by atoms with van der Waals surface area (Å²) >= 11 is 2.71. The molecule has 232 valence electrons. The highest BCUT2D eigenvalue weighted by Crippen LogP contribution is 2.38. The Hall–Kier alpha value is -5.41. The van der Waals surface area contributed by atoms with E-state index in [4.69, 9.17) is 4.98 Å². The Morgan fingerprint density at radius 3 is 2.28 bits per heavy atom. The van der Waals surface area contributed by atoms with Crippen molar-refractivity contribution in [1.82, 2.24) is 9.97 Å². The van der Waals surface area contributed by atoms with E-state index in [2.05, 4.69) is 25.7 Å². The van der Waals surface area contributed by atoms with Gasteiger partial charge in [0.1, 0.15) is 32.1 Å². The maximum Gasteiger partial charge on any atom is 0.296 e. The predicted molar refractivity (Wildman–Crippen MR) is 184 cm³/mol. The number of azo groups is 1. The van der Waals surface area contributed by atoms with Gasteiger partial charge in [-0.25, -0.2) is 9.97 Å². The van der Waals surface area contributed by atoms with Crippen LogP contribution in [0.4, 0.5) is 11.4 Å². The first-order valence-electron chi connectivity index (χ1n) is 14.0. The average molecular weight is 679 g/mol. The van der Waals surface area contributed by atoms with E-state index in [1.807, 2.05) is 48.5 Å². The fraction of sp³-hybridized carbons (Fsp3) is 0.0303. The van der Waals surface area contributed by atoms with E-state index in [0.717, 1.165) is 32.4 Å². The number of anilines is 1. The van der Waals surface area contributed by atoms with E-state index in [1.54, 1.807) is 43.3 Å². The molecule has 7 rings (SSSR count). The second kappa shape index (κ2) is 12.1. The number of aromatic nitrogens is 2. The second-order valence-corrected chi connectivity index (χ2v) is 13.8. The smallest absolute Gasteiger partial charge is 0.296 e. The van der Waals surface area contributed by atoms with E-state index in [9.17, 15) is 22.9 Å². The van der Waals surface area contributed by atoms with Gasteiger partial charge in [0, 0.05) is 23.3 Å². The Morgan fingerprint density at radius 2 is 1.51 bits per heavy atom. The molecule has 2 heterocycles. The minimum Gasteiger partial charge on any atom is -0.505 e. The summed E-state index contributed by atoms with van der Waals surface area (Å²) in [6.45, 7) is 1.64. The van der Waals surface area contributed by atoms with E-state index in [1.165, 1.54) is 28.7 Å². The predicted octanol–water partition coefficient (Wildman–Crippen LogP) is 8.26. The van der Waals surface area contributed by atoms with Gasteiger partial charge >= 0.3 is 0 Å². The fourth-order valence-corrected chi connectivity index (χ4v) is 8.14. The van der Waals surface area contributed by atoms with Crippen LogP contribution in [0, 0.1) is 6.92 Å². The molecular formula is C33H22N6O5S3. The summed E-state index contributed by atoms with van der Waals surface area (Å²) in [6.07, 6.45) is 2.42. The fourth-order valence-electron chi connectivity index (χ4n) is 4.83. The summed E-state index contributed by atoms with van der Waals surface area (Å²) in [7, 11) is -4.41. The molecule has 1 aliphatic rings. The summed E-state index contributed by atoms with van der Waals surface area (Å²) in [5.74, 6) is -0.763. The number of allylic oxidation sites excluding steroid dienone is 2. The normalized spacial score (nSPS) is 14.7. The van der Waals surface area contributed by atoms with E-state index in [0.29, 0.717) is 32.2 Å². The van der Waals surface area contributed by atoms with Crippen LogP contribution in [0.2, 0.25) is 0 Å². The van der Waals surface area contributed by atoms with Crippen molar-refractivity contribution in [3.8, 4) is 21.1 Å². The van der Waals surface area contributed by atoms with Gasteiger partial charge in [-0.1, -0.05) is 24.3 Å². The number of para-hydroxylation sites is 1. The Balaban J connectivity index is 1.11. The molecule has 3 N–H and O–H groups in total. The highest BCUT2D eigenvalue weighted by Gasteiger charge is 2.21. The van der Waals surface area contributed by atoms with Crippen LogP contribution < -0.4 is 5.43 Å². The monoisotopic (exact) mass is 678 g/mol. The van der Waals surface area contributed by atoms with Gasteiger partial charge in [-0.15, -0.1) is 27.8 Å². The molecule has 0 saturated carbocycles. The molecule has 14 heteroatoms. The lowest BCUT2D eigenvalue weighted by atomic mass is 10.1. The van der Waals surface area contributed by atoms with Crippen LogP contribution in [0.1, 0.15) is 5.56 Å². The SMILES string of the molecule is Cc1ccc2nc(-c3ccc4nc(-c5ccc(N=NC6=C/C(=N/Nc7ccccc7)C(=O)C=C6O)cc5)sc4c3)sc2c1S(=O)(=O)O. The first kappa shape index (κ1) is 30.3. The molecule has 0 unspecified atom stereocenters. The molecule has 0 atom stereocenters. The van der Waals surface area contributed by atoms with Gasteiger partial charge in [0.25, 0.3) is 10.1 Å². The highest BCUT2D eigenvalue weighted by molar-refractivity contribution is 7.86. The Bertz CT molecular complexity index is 2450. The number of nitrogens with zero attached hydrogens (tertiary/aromatic N) is 5. The van der Waals surface area contributed by atoms with E-state index >= 15 is 0 Å². The van der Waals surface area contributed by atoms with Gasteiger partial charge < -0.3 is 5.11 Å². The van der Waals surface area contributed by atoms with Gasteiger partial charge in [0.05, 0.1) is 31.8 Å². The van der Waals surface area contributed by atoms with Crippen LogP contribution in [0.3, 0.4) is 0 Å². The average Bonchev–Trinajstić information content (AvgIpc) is 3.68. The zero-order valence-electron chi connectivity index (χ0n) is 24.3. The lowest BCUT2D eigenvalue weighted by molar-refractivity contribution is -0.109. The molecule has 0 spiro atoms. The number of aliphatic hydroxyl groups excluding tert-OH is 1. The third-order valence-corrected chi connectivity index (χ3v) is 10.5. The highest BCUT2D eigenvalue weighted by atomic mass is 32.2. The van der Waals surface area contributed by atoms with Crippen molar-refractivity contribution in [3.05, 3.63) is 114 Å². The van der Waals surface area contributed by atoms with Crippen molar-refractivity contribution in [2.45, 2.75) is 11.8 Å². The Morgan fingerprint density at radius 1 is 0.809 bits per heavy atom. The quantitative estimate of drug-likeness (QED) is 0.0657. The minimum atomic E-state index is -4.41. The number of hydrogen-bond acceptors (Lipinski definition) is 12. The van der Waals surface area contributed by atoms with Crippen molar-refractivity contribution in [3.63, 3.8) is 0 Å². The third kappa shape index (κ3) is 6.22. The van der Waals surface area contributed by atoms with Crippen molar-refractivity contribution in [1.29, 1.82) is 0 Å². The molecule has 0 saturated heterocycles. The summed E-state index contributed by atoms with van der Waals surface area (Å²) in [4.78, 5) is 21.6. The van der Waals surface area contributed by atoms with Crippen molar-refractivity contribution >= 4 is 76.1 Å². The number of carbonyl (C=O) groups is 1. The van der Waals surface area contributed by atoms with E-state index < -0.39 is 15.9 Å². The molecule has 0 bridgehead atoms. The number of nitrogens with one attached hydrogen (secondary N) is 1. The molecule has 11 nitrogen and oxygen atoms in total. The summed E-state index contributed by atoms with van der Waals surface area (Å²) in [5, 5.41) is 24.2. The number of aliphatic hydroxyl groups is 1. The minimum absolute atomic E-state index is 0.0797. The first-order valence-corrected chi connectivity index (χ1v) is 17.1. The van der Waals surface area contributed by atoms with Gasteiger partial charge in [0.2, 0.25) is 5.78 Å². The van der Waals surface area contributed by atoms with Crippen LogP contribution >= 0.6 is 22.7 Å². The maximum absolute atomic E-state index is 12.3. The van der Waals surface area contributed by atoms with Gasteiger partial charge in [0.15, 0.2) is 0 Å². The van der Waals surface area contributed by atoms with E-state index in [-0.39, 0.29) is 22.1 Å². The number of hydrogen-bond donors (Lipinski definition) is 3. The zero-order valence-corrected chi connectivity index (χ0v) is 26.8. The number of carbonyl (C=O) groups excluding carboxylic acids is 1. The first-order chi connectivity index (χ1) is 22.6. The number of rotatable bonds is 7. The summed E-state index contributed by atoms with van der Waals surface area (Å²) < 4.78 is 35.2. The summed E-state index contributed by atoms with van der Waals surface area (Å²) in [6, 6.07) is 25.6. The maximum atomic E-state index is 12.3. The molecule has 2 aromatic heterocycles. The number of fused-ring (bicyclic) bond motifs is 2. The molecule has 1 aliphatic carbocycles. The van der Waals surface area contributed by atoms with Crippen molar-refractivity contribution < 1.29 is 22.9 Å². The molecule has 47 heavy (non-hydrogen) atoms. The largest absolute Gasteiger partial charge is 0.505 e. The number of ketones is 1. The lowest BCUT2D eigenvalue weighted by Gasteiger charge is -2.08. The molecular weight excluding hydrogens is 657 g/mol. The van der Waals surface area contributed by atoms with Crippen LogP contribution in [-0.4, -0.2) is 39.5 Å². The molecule has 0 radical (unpaired) electrons. The Labute approximate surface area is 275 Å².